The number of aromatic nitrogens is 4. The van der Waals surface area contributed by atoms with Gasteiger partial charge in [0.05, 0.1) is 11.3 Å². The molecule has 0 saturated carbocycles. The molecule has 2 amide bonds. The lowest BCUT2D eigenvalue weighted by molar-refractivity contribution is 0.0846. The molecule has 0 bridgehead atoms. The number of carbonyl (C=O) groups excluding carboxylic acids is 2. The molecule has 0 radical (unpaired) electrons. The summed E-state index contributed by atoms with van der Waals surface area (Å²) in [5.74, 6) is -0.893. The Bertz CT molecular complexity index is 922. The number of hydrogen-bond acceptors (Lipinski definition) is 6. The number of carbonyl (C=O) groups is 2. The molecule has 9 heteroatoms. The van der Waals surface area contributed by atoms with E-state index in [0.717, 1.165) is 5.69 Å². The monoisotopic (exact) mass is 351 g/mol. The average Bonchev–Trinajstić information content (AvgIpc) is 3.20. The summed E-state index contributed by atoms with van der Waals surface area (Å²) in [6.45, 7) is 0. The van der Waals surface area contributed by atoms with Gasteiger partial charge in [-0.05, 0) is 40.8 Å². The van der Waals surface area contributed by atoms with Gasteiger partial charge in [-0.25, -0.2) is 0 Å². The van der Waals surface area contributed by atoms with Gasteiger partial charge in [0.25, 0.3) is 11.8 Å². The van der Waals surface area contributed by atoms with Gasteiger partial charge in [-0.15, -0.1) is 5.10 Å². The zero-order chi connectivity index (χ0) is 18.5. The largest absolute Gasteiger partial charge is 0.378 e. The molecule has 9 nitrogen and oxygen atoms in total. The number of amides is 2. The van der Waals surface area contributed by atoms with E-state index in [9.17, 15) is 9.59 Å². The van der Waals surface area contributed by atoms with Crippen molar-refractivity contribution in [2.24, 2.45) is 0 Å². The third-order valence-corrected chi connectivity index (χ3v) is 3.66. The van der Waals surface area contributed by atoms with Crippen LogP contribution >= 0.6 is 0 Å². The first-order valence-electron chi connectivity index (χ1n) is 7.77. The summed E-state index contributed by atoms with van der Waals surface area (Å²) in [5.41, 5.74) is 6.97. The van der Waals surface area contributed by atoms with Crippen molar-refractivity contribution in [2.45, 2.75) is 0 Å². The fourth-order valence-corrected chi connectivity index (χ4v) is 2.32. The van der Waals surface area contributed by atoms with E-state index < -0.39 is 11.8 Å². The highest BCUT2D eigenvalue weighted by atomic mass is 16.2. The minimum Gasteiger partial charge on any atom is -0.378 e. The standard InChI is InChI=1S/C17H17N7O2/c1-23(2)13-7-5-6-12(10-13)16(25)19-20-17(26)14-8-3-4-9-15(14)24-11-18-21-22-24/h3-11H,1-2H3,(H,19,25)(H,20,26). The molecule has 0 aliphatic heterocycles. The summed E-state index contributed by atoms with van der Waals surface area (Å²) >= 11 is 0. The Balaban J connectivity index is 1.72. The molecule has 0 spiro atoms. The van der Waals surface area contributed by atoms with Crippen LogP contribution in [-0.4, -0.2) is 46.1 Å². The SMILES string of the molecule is CN(C)c1cccc(C(=O)NNC(=O)c2ccccc2-n2cnnn2)c1. The number of hydrogen-bond donors (Lipinski definition) is 2. The fraction of sp³-hybridized carbons (Fsp3) is 0.118. The average molecular weight is 351 g/mol. The van der Waals surface area contributed by atoms with Gasteiger partial charge in [-0.1, -0.05) is 18.2 Å². The van der Waals surface area contributed by atoms with E-state index in [1.54, 1.807) is 42.5 Å². The molecule has 0 aliphatic carbocycles. The van der Waals surface area contributed by atoms with Gasteiger partial charge >= 0.3 is 0 Å². The van der Waals surface area contributed by atoms with Crippen LogP contribution in [0.5, 0.6) is 0 Å². The van der Waals surface area contributed by atoms with Gasteiger partial charge in [0.1, 0.15) is 6.33 Å². The molecular weight excluding hydrogens is 334 g/mol. The first kappa shape index (κ1) is 17.1. The summed E-state index contributed by atoms with van der Waals surface area (Å²) < 4.78 is 1.37. The zero-order valence-electron chi connectivity index (χ0n) is 14.2. The van der Waals surface area contributed by atoms with Crippen LogP contribution in [0.4, 0.5) is 5.69 Å². The summed E-state index contributed by atoms with van der Waals surface area (Å²) in [6.07, 6.45) is 1.39. The second-order valence-electron chi connectivity index (χ2n) is 5.62. The van der Waals surface area contributed by atoms with Crippen molar-refractivity contribution in [3.63, 3.8) is 0 Å². The molecule has 0 fully saturated rings. The Labute approximate surface area is 149 Å². The quantitative estimate of drug-likeness (QED) is 0.674. The highest BCUT2D eigenvalue weighted by Crippen LogP contribution is 2.14. The molecule has 1 heterocycles. The van der Waals surface area contributed by atoms with Crippen molar-refractivity contribution in [3.05, 3.63) is 66.0 Å². The maximum atomic E-state index is 12.5. The van der Waals surface area contributed by atoms with Gasteiger partial charge < -0.3 is 4.90 Å². The van der Waals surface area contributed by atoms with Crippen LogP contribution < -0.4 is 15.8 Å². The molecule has 0 unspecified atom stereocenters. The van der Waals surface area contributed by atoms with Crippen molar-refractivity contribution >= 4 is 17.5 Å². The predicted molar refractivity (Wildman–Crippen MR) is 94.9 cm³/mol. The number of nitrogens with zero attached hydrogens (tertiary/aromatic N) is 5. The van der Waals surface area contributed by atoms with Crippen molar-refractivity contribution < 1.29 is 9.59 Å². The lowest BCUT2D eigenvalue weighted by atomic mass is 10.1. The number of para-hydroxylation sites is 1. The lowest BCUT2D eigenvalue weighted by Crippen LogP contribution is -2.42. The van der Waals surface area contributed by atoms with Gasteiger partial charge in [0, 0.05) is 25.3 Å². The van der Waals surface area contributed by atoms with Crippen LogP contribution in [-0.2, 0) is 0 Å². The van der Waals surface area contributed by atoms with Crippen molar-refractivity contribution in [1.29, 1.82) is 0 Å². The van der Waals surface area contributed by atoms with Crippen LogP contribution in [0.25, 0.3) is 5.69 Å². The number of tetrazole rings is 1. The minimum atomic E-state index is -0.479. The minimum absolute atomic E-state index is 0.321. The normalized spacial score (nSPS) is 10.2. The summed E-state index contributed by atoms with van der Waals surface area (Å²) in [4.78, 5) is 26.6. The summed E-state index contributed by atoms with van der Waals surface area (Å²) in [5, 5.41) is 10.9. The Morgan fingerprint density at radius 3 is 2.50 bits per heavy atom. The summed E-state index contributed by atoms with van der Waals surface area (Å²) in [7, 11) is 3.77. The number of nitrogens with one attached hydrogen (secondary N) is 2. The molecule has 3 rings (SSSR count). The molecule has 2 N–H and O–H groups in total. The maximum absolute atomic E-state index is 12.5. The van der Waals surface area contributed by atoms with Gasteiger partial charge in [0.2, 0.25) is 0 Å². The van der Waals surface area contributed by atoms with Crippen molar-refractivity contribution in [1.82, 2.24) is 31.1 Å². The second kappa shape index (κ2) is 7.43. The molecule has 132 valence electrons. The van der Waals surface area contributed by atoms with E-state index >= 15 is 0 Å². The zero-order valence-corrected chi connectivity index (χ0v) is 14.2. The summed E-state index contributed by atoms with van der Waals surface area (Å²) in [6, 6.07) is 13.9. The van der Waals surface area contributed by atoms with Gasteiger partial charge in [-0.3, -0.25) is 20.4 Å². The smallest absolute Gasteiger partial charge is 0.271 e. The van der Waals surface area contributed by atoms with Crippen LogP contribution in [0.3, 0.4) is 0 Å². The first-order valence-corrected chi connectivity index (χ1v) is 7.77. The Morgan fingerprint density at radius 2 is 1.77 bits per heavy atom. The number of rotatable bonds is 4. The number of anilines is 1. The van der Waals surface area contributed by atoms with E-state index in [1.165, 1.54) is 11.0 Å². The van der Waals surface area contributed by atoms with E-state index in [4.69, 9.17) is 0 Å². The van der Waals surface area contributed by atoms with Gasteiger partial charge in [-0.2, -0.15) is 4.68 Å². The Hall–Kier alpha value is -3.75. The molecule has 0 atom stereocenters. The lowest BCUT2D eigenvalue weighted by Gasteiger charge is -2.14. The highest BCUT2D eigenvalue weighted by molar-refractivity contribution is 6.01. The molecule has 2 aromatic carbocycles. The maximum Gasteiger partial charge on any atom is 0.271 e. The van der Waals surface area contributed by atoms with Crippen LogP contribution in [0.2, 0.25) is 0 Å². The first-order chi connectivity index (χ1) is 12.6. The van der Waals surface area contributed by atoms with E-state index in [0.29, 0.717) is 16.8 Å². The van der Waals surface area contributed by atoms with E-state index in [1.807, 2.05) is 25.1 Å². The molecule has 26 heavy (non-hydrogen) atoms. The van der Waals surface area contributed by atoms with Crippen LogP contribution in [0.1, 0.15) is 20.7 Å². The molecular formula is C17H17N7O2. The number of benzene rings is 2. The van der Waals surface area contributed by atoms with Crippen LogP contribution in [0, 0.1) is 0 Å². The van der Waals surface area contributed by atoms with Gasteiger partial charge in [0.15, 0.2) is 0 Å². The Kier molecular flexibility index (Phi) is 4.88. The third-order valence-electron chi connectivity index (χ3n) is 3.66. The molecule has 3 aromatic rings. The second-order valence-corrected chi connectivity index (χ2v) is 5.62. The predicted octanol–water partition coefficient (Wildman–Crippen LogP) is 0.803. The molecule has 1 aromatic heterocycles. The van der Waals surface area contributed by atoms with E-state index in [2.05, 4.69) is 26.4 Å². The molecule has 0 saturated heterocycles. The third kappa shape index (κ3) is 3.66. The Morgan fingerprint density at radius 1 is 1.00 bits per heavy atom. The molecule has 0 aliphatic rings. The van der Waals surface area contributed by atoms with Crippen molar-refractivity contribution in [2.75, 3.05) is 19.0 Å². The van der Waals surface area contributed by atoms with E-state index in [-0.39, 0.29) is 0 Å². The highest BCUT2D eigenvalue weighted by Gasteiger charge is 2.14. The van der Waals surface area contributed by atoms with Crippen molar-refractivity contribution in [3.8, 4) is 5.69 Å². The fourth-order valence-electron chi connectivity index (χ4n) is 2.32. The topological polar surface area (TPSA) is 105 Å². The van der Waals surface area contributed by atoms with Crippen LogP contribution in [0.15, 0.2) is 54.9 Å². The number of hydrazine groups is 1.